The van der Waals surface area contributed by atoms with Crippen LogP contribution in [0.1, 0.15) is 51.6 Å². The molecule has 21 heavy (non-hydrogen) atoms. The van der Waals surface area contributed by atoms with E-state index < -0.39 is 0 Å². The second-order valence-electron chi connectivity index (χ2n) is 5.79. The SMILES string of the molecule is CCCNC(C)c1ccc(N2CCCC(OCC)C2)nc1. The van der Waals surface area contributed by atoms with Crippen LogP contribution < -0.4 is 10.2 Å². The minimum Gasteiger partial charge on any atom is -0.377 e. The van der Waals surface area contributed by atoms with Crippen LogP contribution in [0.2, 0.25) is 0 Å². The Bertz CT molecular complexity index is 405. The van der Waals surface area contributed by atoms with Crippen molar-refractivity contribution in [1.29, 1.82) is 0 Å². The first kappa shape index (κ1) is 16.2. The third-order valence-electron chi connectivity index (χ3n) is 4.08. The molecule has 118 valence electrons. The van der Waals surface area contributed by atoms with E-state index >= 15 is 0 Å². The second-order valence-corrected chi connectivity index (χ2v) is 5.79. The van der Waals surface area contributed by atoms with E-state index in [2.05, 4.69) is 48.1 Å². The molecule has 1 aliphatic heterocycles. The maximum absolute atomic E-state index is 5.76. The van der Waals surface area contributed by atoms with E-state index in [0.717, 1.165) is 38.5 Å². The maximum Gasteiger partial charge on any atom is 0.128 e. The fourth-order valence-electron chi connectivity index (χ4n) is 2.84. The van der Waals surface area contributed by atoms with Gasteiger partial charge in [-0.3, -0.25) is 0 Å². The highest BCUT2D eigenvalue weighted by atomic mass is 16.5. The summed E-state index contributed by atoms with van der Waals surface area (Å²) in [4.78, 5) is 7.00. The third kappa shape index (κ3) is 4.68. The van der Waals surface area contributed by atoms with Gasteiger partial charge in [-0.05, 0) is 51.3 Å². The molecule has 0 bridgehead atoms. The van der Waals surface area contributed by atoms with Gasteiger partial charge in [-0.2, -0.15) is 0 Å². The average Bonchev–Trinajstić information content (AvgIpc) is 2.53. The number of hydrogen-bond acceptors (Lipinski definition) is 4. The molecule has 0 saturated carbocycles. The summed E-state index contributed by atoms with van der Waals surface area (Å²) in [5.74, 6) is 1.07. The topological polar surface area (TPSA) is 37.4 Å². The molecule has 4 heteroatoms. The van der Waals surface area contributed by atoms with Gasteiger partial charge >= 0.3 is 0 Å². The van der Waals surface area contributed by atoms with E-state index in [9.17, 15) is 0 Å². The van der Waals surface area contributed by atoms with Gasteiger partial charge in [0.2, 0.25) is 0 Å². The molecule has 1 saturated heterocycles. The predicted octanol–water partition coefficient (Wildman–Crippen LogP) is 3.15. The summed E-state index contributed by atoms with van der Waals surface area (Å²) >= 11 is 0. The Morgan fingerprint density at radius 1 is 1.43 bits per heavy atom. The summed E-state index contributed by atoms with van der Waals surface area (Å²) in [5, 5.41) is 3.50. The Kier molecular flexibility index (Phi) is 6.46. The summed E-state index contributed by atoms with van der Waals surface area (Å²) in [5.41, 5.74) is 1.26. The van der Waals surface area contributed by atoms with Crippen molar-refractivity contribution in [3.8, 4) is 0 Å². The minimum absolute atomic E-state index is 0.357. The van der Waals surface area contributed by atoms with Gasteiger partial charge < -0.3 is 15.0 Å². The van der Waals surface area contributed by atoms with Crippen molar-refractivity contribution in [2.75, 3.05) is 31.1 Å². The maximum atomic E-state index is 5.76. The van der Waals surface area contributed by atoms with Gasteiger partial charge in [-0.25, -0.2) is 4.98 Å². The van der Waals surface area contributed by atoms with Crippen molar-refractivity contribution in [1.82, 2.24) is 10.3 Å². The highest BCUT2D eigenvalue weighted by molar-refractivity contribution is 5.40. The van der Waals surface area contributed by atoms with Crippen LogP contribution in [-0.4, -0.2) is 37.3 Å². The van der Waals surface area contributed by atoms with Crippen molar-refractivity contribution >= 4 is 5.82 Å². The van der Waals surface area contributed by atoms with E-state index in [4.69, 9.17) is 4.74 Å². The van der Waals surface area contributed by atoms with Gasteiger partial charge in [0.1, 0.15) is 5.82 Å². The standard InChI is InChI=1S/C17H29N3O/c1-4-10-18-14(3)15-8-9-17(19-12-15)20-11-6-7-16(13-20)21-5-2/h8-9,12,14,16,18H,4-7,10-11,13H2,1-3H3. The lowest BCUT2D eigenvalue weighted by Crippen LogP contribution is -2.40. The first-order chi connectivity index (χ1) is 10.2. The summed E-state index contributed by atoms with van der Waals surface area (Å²) in [7, 11) is 0. The van der Waals surface area contributed by atoms with E-state index in [-0.39, 0.29) is 0 Å². The molecular weight excluding hydrogens is 262 g/mol. The molecule has 1 fully saturated rings. The fraction of sp³-hybridized carbons (Fsp3) is 0.706. The zero-order chi connectivity index (χ0) is 15.1. The minimum atomic E-state index is 0.357. The molecule has 0 aliphatic carbocycles. The third-order valence-corrected chi connectivity index (χ3v) is 4.08. The summed E-state index contributed by atoms with van der Waals surface area (Å²) in [6.45, 7) is 10.3. The molecule has 4 nitrogen and oxygen atoms in total. The van der Waals surface area contributed by atoms with Crippen LogP contribution in [0.5, 0.6) is 0 Å². The van der Waals surface area contributed by atoms with Crippen molar-refractivity contribution in [3.05, 3.63) is 23.9 Å². The number of rotatable bonds is 7. The Labute approximate surface area is 128 Å². The highest BCUT2D eigenvalue weighted by Crippen LogP contribution is 2.21. The Morgan fingerprint density at radius 3 is 2.95 bits per heavy atom. The van der Waals surface area contributed by atoms with Crippen LogP contribution >= 0.6 is 0 Å². The largest absolute Gasteiger partial charge is 0.377 e. The quantitative estimate of drug-likeness (QED) is 0.837. The molecule has 1 aromatic rings. The Balaban J connectivity index is 1.94. The van der Waals surface area contributed by atoms with Crippen LogP contribution in [0.3, 0.4) is 0 Å². The van der Waals surface area contributed by atoms with Gasteiger partial charge in [0.15, 0.2) is 0 Å². The zero-order valence-corrected chi connectivity index (χ0v) is 13.6. The predicted molar refractivity (Wildman–Crippen MR) is 87.8 cm³/mol. The lowest BCUT2D eigenvalue weighted by molar-refractivity contribution is 0.0525. The molecular formula is C17H29N3O. The van der Waals surface area contributed by atoms with Crippen LogP contribution in [-0.2, 0) is 4.74 Å². The number of piperidine rings is 1. The normalized spacial score (nSPS) is 20.5. The van der Waals surface area contributed by atoms with Crippen molar-refractivity contribution in [2.45, 2.75) is 52.2 Å². The van der Waals surface area contributed by atoms with Gasteiger partial charge in [0, 0.05) is 31.9 Å². The number of anilines is 1. The van der Waals surface area contributed by atoms with Gasteiger partial charge in [-0.1, -0.05) is 13.0 Å². The zero-order valence-electron chi connectivity index (χ0n) is 13.6. The number of ether oxygens (including phenoxy) is 1. The van der Waals surface area contributed by atoms with Crippen molar-refractivity contribution in [2.24, 2.45) is 0 Å². The van der Waals surface area contributed by atoms with Crippen LogP contribution in [0.15, 0.2) is 18.3 Å². The molecule has 2 unspecified atom stereocenters. The van der Waals surface area contributed by atoms with Gasteiger partial charge in [0.25, 0.3) is 0 Å². The number of hydrogen-bond donors (Lipinski definition) is 1. The molecule has 0 spiro atoms. The van der Waals surface area contributed by atoms with E-state index in [0.29, 0.717) is 12.1 Å². The smallest absolute Gasteiger partial charge is 0.128 e. The Hall–Kier alpha value is -1.13. The van der Waals surface area contributed by atoms with Crippen molar-refractivity contribution in [3.63, 3.8) is 0 Å². The number of pyridine rings is 1. The van der Waals surface area contributed by atoms with E-state index in [1.165, 1.54) is 18.4 Å². The second kappa shape index (κ2) is 8.35. The summed E-state index contributed by atoms with van der Waals surface area (Å²) < 4.78 is 5.76. The van der Waals surface area contributed by atoms with Crippen molar-refractivity contribution < 1.29 is 4.74 Å². The molecule has 2 heterocycles. The first-order valence-corrected chi connectivity index (χ1v) is 8.30. The highest BCUT2D eigenvalue weighted by Gasteiger charge is 2.21. The molecule has 1 aliphatic rings. The molecule has 1 aromatic heterocycles. The van der Waals surface area contributed by atoms with E-state index in [1.807, 2.05) is 6.20 Å². The monoisotopic (exact) mass is 291 g/mol. The lowest BCUT2D eigenvalue weighted by Gasteiger charge is -2.33. The van der Waals surface area contributed by atoms with E-state index in [1.54, 1.807) is 0 Å². The van der Waals surface area contributed by atoms with Crippen LogP contribution in [0, 0.1) is 0 Å². The number of nitrogens with zero attached hydrogens (tertiary/aromatic N) is 2. The summed E-state index contributed by atoms with van der Waals surface area (Å²) in [6, 6.07) is 4.71. The lowest BCUT2D eigenvalue weighted by atomic mass is 10.1. The van der Waals surface area contributed by atoms with Gasteiger partial charge in [-0.15, -0.1) is 0 Å². The molecule has 2 rings (SSSR count). The average molecular weight is 291 g/mol. The fourth-order valence-corrected chi connectivity index (χ4v) is 2.84. The Morgan fingerprint density at radius 2 is 2.29 bits per heavy atom. The van der Waals surface area contributed by atoms with Crippen LogP contribution in [0.4, 0.5) is 5.82 Å². The molecule has 1 N–H and O–H groups in total. The number of nitrogens with one attached hydrogen (secondary N) is 1. The van der Waals surface area contributed by atoms with Crippen LogP contribution in [0.25, 0.3) is 0 Å². The summed E-state index contributed by atoms with van der Waals surface area (Å²) in [6.07, 6.45) is 5.87. The number of aromatic nitrogens is 1. The first-order valence-electron chi connectivity index (χ1n) is 8.30. The molecule has 0 aromatic carbocycles. The molecule has 0 radical (unpaired) electrons. The molecule has 2 atom stereocenters. The molecule has 0 amide bonds. The van der Waals surface area contributed by atoms with Gasteiger partial charge in [0.05, 0.1) is 6.10 Å².